The molecule has 0 radical (unpaired) electrons. The zero-order chi connectivity index (χ0) is 31.4. The number of nitrogens with zero attached hydrogens (tertiary/aromatic N) is 6. The van der Waals surface area contributed by atoms with Gasteiger partial charge in [-0.1, -0.05) is 46.4 Å². The van der Waals surface area contributed by atoms with E-state index >= 15 is 0 Å². The monoisotopic (exact) mass is 702 g/mol. The van der Waals surface area contributed by atoms with Gasteiger partial charge in [0.2, 0.25) is 0 Å². The van der Waals surface area contributed by atoms with Crippen molar-refractivity contribution in [3.05, 3.63) is 87.8 Å². The van der Waals surface area contributed by atoms with Gasteiger partial charge in [0, 0.05) is 11.1 Å². The third-order valence-electron chi connectivity index (χ3n) is 5.66. The minimum atomic E-state index is -4.80. The molecule has 0 saturated carbocycles. The number of halogens is 10. The predicted octanol–water partition coefficient (Wildman–Crippen LogP) is 9.04. The number of hydrogen-bond acceptors (Lipinski definition) is 10. The number of azo groups is 2. The maximum atomic E-state index is 13.3. The fourth-order valence-electron chi connectivity index (χ4n) is 3.76. The van der Waals surface area contributed by atoms with Crippen LogP contribution in [0.5, 0.6) is 0 Å². The molecule has 0 aromatic heterocycles. The Hall–Kier alpha value is -2.54. The molecule has 0 amide bonds. The van der Waals surface area contributed by atoms with Crippen molar-refractivity contribution in [2.75, 3.05) is 0 Å². The first kappa shape index (κ1) is 32.4. The zero-order valence-corrected chi connectivity index (χ0v) is 24.4. The molecule has 2 aliphatic heterocycles. The molecule has 0 fully saturated rings. The Morgan fingerprint density at radius 1 is 0.643 bits per heavy atom. The summed E-state index contributed by atoms with van der Waals surface area (Å²) in [5.41, 5.74) is 4.73. The van der Waals surface area contributed by atoms with E-state index in [0.29, 0.717) is 45.9 Å². The number of hydrogen-bond donors (Lipinski definition) is 2. The highest BCUT2D eigenvalue weighted by molar-refractivity contribution is 8.79. The summed E-state index contributed by atoms with van der Waals surface area (Å²) >= 11 is 24.6. The molecule has 20 heteroatoms. The molecule has 0 bridgehead atoms. The summed E-state index contributed by atoms with van der Waals surface area (Å²) in [6.07, 6.45) is -9.60. The van der Waals surface area contributed by atoms with Crippen LogP contribution in [0, 0.1) is 22.7 Å². The lowest BCUT2D eigenvalue weighted by atomic mass is 9.98. The van der Waals surface area contributed by atoms with Crippen molar-refractivity contribution < 1.29 is 26.3 Å². The van der Waals surface area contributed by atoms with Gasteiger partial charge in [-0.15, -0.1) is 10.2 Å². The number of nitriles is 2. The topological polar surface area (TPSA) is 149 Å². The molecule has 2 aliphatic rings. The Bertz CT molecular complexity index is 1560. The SMILES string of the molecule is N#CC1=C(SSC2=C(C#N)N=NC2(N)c2c(Cl)cc(C(F)(F)F)cc2Cl)C(N)(c2c(Cl)cc(C(F)(F)F)cc2Cl)N=N1. The largest absolute Gasteiger partial charge is 0.416 e. The van der Waals surface area contributed by atoms with Crippen LogP contribution in [0.25, 0.3) is 0 Å². The molecule has 0 spiro atoms. The second-order valence-corrected chi connectivity index (χ2v) is 12.1. The third kappa shape index (κ3) is 5.58. The van der Waals surface area contributed by atoms with Crippen molar-refractivity contribution in [1.82, 2.24) is 0 Å². The second-order valence-electron chi connectivity index (χ2n) is 8.30. The van der Waals surface area contributed by atoms with Crippen LogP contribution in [-0.4, -0.2) is 0 Å². The highest BCUT2D eigenvalue weighted by Crippen LogP contribution is 2.57. The van der Waals surface area contributed by atoms with Gasteiger partial charge in [0.05, 0.1) is 41.0 Å². The minimum Gasteiger partial charge on any atom is -0.297 e. The first-order chi connectivity index (χ1) is 19.4. The maximum Gasteiger partial charge on any atom is 0.416 e. The molecule has 0 saturated heterocycles. The molecule has 42 heavy (non-hydrogen) atoms. The summed E-state index contributed by atoms with van der Waals surface area (Å²) < 4.78 is 79.6. The van der Waals surface area contributed by atoms with E-state index in [2.05, 4.69) is 20.5 Å². The molecule has 2 heterocycles. The summed E-state index contributed by atoms with van der Waals surface area (Å²) in [6.45, 7) is 0. The zero-order valence-electron chi connectivity index (χ0n) is 19.7. The standard InChI is InChI=1S/C22H8Cl4F6N8S2/c23-9-1-7(21(27,28)29)2-10(24)15(9)19(35)17(13(5-33)37-39-19)41-42-18-14(6-34)38-40-20(18,36)16-11(25)3-8(4-12(16)26)22(30,31)32/h1-4H,35-36H2. The smallest absolute Gasteiger partial charge is 0.297 e. The van der Waals surface area contributed by atoms with Crippen molar-refractivity contribution >= 4 is 68.0 Å². The highest BCUT2D eigenvalue weighted by atomic mass is 35.5. The number of allylic oxidation sites excluding steroid dienone is 2. The van der Waals surface area contributed by atoms with Crippen LogP contribution in [0.2, 0.25) is 20.1 Å². The molecule has 2 aromatic rings. The lowest BCUT2D eigenvalue weighted by molar-refractivity contribution is -0.138. The van der Waals surface area contributed by atoms with E-state index in [-0.39, 0.29) is 32.3 Å². The van der Waals surface area contributed by atoms with Crippen LogP contribution in [0.15, 0.2) is 65.9 Å². The van der Waals surface area contributed by atoms with Crippen molar-refractivity contribution in [2.45, 2.75) is 23.7 Å². The van der Waals surface area contributed by atoms with E-state index in [1.165, 1.54) is 0 Å². The van der Waals surface area contributed by atoms with Crippen molar-refractivity contribution in [2.24, 2.45) is 31.9 Å². The first-order valence-electron chi connectivity index (χ1n) is 10.6. The fraction of sp³-hybridized carbons (Fsp3) is 0.182. The predicted molar refractivity (Wildman–Crippen MR) is 145 cm³/mol. The third-order valence-corrected chi connectivity index (χ3v) is 9.53. The van der Waals surface area contributed by atoms with Gasteiger partial charge in [0.1, 0.15) is 12.1 Å². The Balaban J connectivity index is 1.77. The molecular formula is C22H8Cl4F6N8S2. The molecule has 8 nitrogen and oxygen atoms in total. The minimum absolute atomic E-state index is 0.192. The molecule has 0 aliphatic carbocycles. The molecule has 2 aromatic carbocycles. The Kier molecular flexibility index (Phi) is 8.62. The normalized spacial score (nSPS) is 22.2. The van der Waals surface area contributed by atoms with Crippen molar-refractivity contribution in [3.63, 3.8) is 0 Å². The van der Waals surface area contributed by atoms with Gasteiger partial charge >= 0.3 is 12.4 Å². The van der Waals surface area contributed by atoms with Crippen molar-refractivity contribution in [3.8, 4) is 12.1 Å². The summed E-state index contributed by atoms with van der Waals surface area (Å²) in [4.78, 5) is -0.385. The van der Waals surface area contributed by atoms with Gasteiger partial charge in [-0.05, 0) is 45.9 Å². The average molecular weight is 704 g/mol. The van der Waals surface area contributed by atoms with E-state index < -0.39 is 54.9 Å². The highest BCUT2D eigenvalue weighted by Gasteiger charge is 2.48. The van der Waals surface area contributed by atoms with Gasteiger partial charge in [0.25, 0.3) is 0 Å². The van der Waals surface area contributed by atoms with Gasteiger partial charge < -0.3 is 0 Å². The second kappa shape index (κ2) is 11.2. The van der Waals surface area contributed by atoms with Crippen LogP contribution in [-0.2, 0) is 23.7 Å². The van der Waals surface area contributed by atoms with Crippen LogP contribution >= 0.6 is 68.0 Å². The number of nitrogens with two attached hydrogens (primary N) is 2. The number of benzene rings is 2. The number of alkyl halides is 6. The molecule has 4 rings (SSSR count). The van der Waals surface area contributed by atoms with E-state index in [1.54, 1.807) is 12.1 Å². The average Bonchev–Trinajstić information content (AvgIpc) is 3.36. The van der Waals surface area contributed by atoms with Crippen LogP contribution < -0.4 is 11.5 Å². The Labute approximate surface area is 259 Å². The molecule has 4 N–H and O–H groups in total. The van der Waals surface area contributed by atoms with Gasteiger partial charge in [0.15, 0.2) is 22.7 Å². The summed E-state index contributed by atoms with van der Waals surface area (Å²) in [5.74, 6) is 0. The van der Waals surface area contributed by atoms with Crippen LogP contribution in [0.1, 0.15) is 22.3 Å². The fourth-order valence-corrected chi connectivity index (χ4v) is 8.09. The summed E-state index contributed by atoms with van der Waals surface area (Å²) in [5, 5.41) is 32.2. The molecular weight excluding hydrogens is 696 g/mol. The van der Waals surface area contributed by atoms with Crippen LogP contribution in [0.3, 0.4) is 0 Å². The molecule has 218 valence electrons. The lowest BCUT2D eigenvalue weighted by Crippen LogP contribution is -2.36. The summed E-state index contributed by atoms with van der Waals surface area (Å²) in [6, 6.07) is 5.74. The number of rotatable bonds is 5. The Morgan fingerprint density at radius 3 is 1.17 bits per heavy atom. The van der Waals surface area contributed by atoms with Gasteiger partial charge in [-0.25, -0.2) is 0 Å². The quantitative estimate of drug-likeness (QED) is 0.234. The lowest BCUT2D eigenvalue weighted by Gasteiger charge is -2.28. The van der Waals surface area contributed by atoms with E-state index in [4.69, 9.17) is 57.9 Å². The van der Waals surface area contributed by atoms with E-state index in [1.807, 2.05) is 0 Å². The summed E-state index contributed by atoms with van der Waals surface area (Å²) in [7, 11) is 1.25. The van der Waals surface area contributed by atoms with E-state index in [9.17, 15) is 36.9 Å². The van der Waals surface area contributed by atoms with Gasteiger partial charge in [-0.3, -0.25) is 11.5 Å². The van der Waals surface area contributed by atoms with E-state index in [0.717, 1.165) is 0 Å². The molecule has 2 atom stereocenters. The van der Waals surface area contributed by atoms with Crippen LogP contribution in [0.4, 0.5) is 26.3 Å². The molecule has 2 unspecified atom stereocenters. The van der Waals surface area contributed by atoms with Crippen molar-refractivity contribution in [1.29, 1.82) is 10.5 Å². The van der Waals surface area contributed by atoms with Gasteiger partial charge in [-0.2, -0.15) is 47.1 Å². The maximum absolute atomic E-state index is 13.3. The Morgan fingerprint density at radius 2 is 0.929 bits per heavy atom. The first-order valence-corrected chi connectivity index (χ1v) is 14.3.